The third-order valence-electron chi connectivity index (χ3n) is 5.99. The molecule has 0 unspecified atom stereocenters. The van der Waals surface area contributed by atoms with Crippen LogP contribution in [0, 0.1) is 0 Å². The molecule has 2 fully saturated rings. The van der Waals surface area contributed by atoms with E-state index >= 15 is 0 Å². The maximum Gasteiger partial charge on any atom is 0.316 e. The number of thiazole rings is 1. The SMILES string of the molecule is COc1ncc(-c2ccc3nc(C4CC(N5CCC([18F])CC5)C4)sc3c2)cn1. The molecule has 0 amide bonds. The number of rotatable bonds is 4. The van der Waals surface area contributed by atoms with Crippen LogP contribution in [-0.2, 0) is 0 Å². The van der Waals surface area contributed by atoms with Gasteiger partial charge in [0.15, 0.2) is 0 Å². The highest BCUT2D eigenvalue weighted by atomic mass is 32.1. The Morgan fingerprint density at radius 3 is 2.57 bits per heavy atom. The van der Waals surface area contributed by atoms with Crippen LogP contribution in [0.25, 0.3) is 21.3 Å². The number of halogens is 1. The molecule has 0 bridgehead atoms. The summed E-state index contributed by atoms with van der Waals surface area (Å²) in [5.74, 6) is 0.540. The molecule has 5 nitrogen and oxygen atoms in total. The first-order valence-electron chi connectivity index (χ1n) is 9.84. The number of methoxy groups -OCH3 is 1. The van der Waals surface area contributed by atoms with Crippen LogP contribution in [0.4, 0.5) is 4.39 Å². The number of benzene rings is 1. The Labute approximate surface area is 167 Å². The predicted octanol–water partition coefficient (Wildman–Crippen LogP) is 4.44. The van der Waals surface area contributed by atoms with Crippen LogP contribution < -0.4 is 4.74 Å². The molecule has 1 saturated heterocycles. The van der Waals surface area contributed by atoms with Gasteiger partial charge in [0.25, 0.3) is 0 Å². The van der Waals surface area contributed by atoms with Gasteiger partial charge in [-0.2, -0.15) is 0 Å². The van der Waals surface area contributed by atoms with Crippen molar-refractivity contribution in [3.8, 4) is 17.1 Å². The van der Waals surface area contributed by atoms with Gasteiger partial charge >= 0.3 is 6.01 Å². The van der Waals surface area contributed by atoms with Crippen LogP contribution in [-0.4, -0.2) is 52.3 Å². The molecular formula is C21H23FN4OS. The third-order valence-corrected chi connectivity index (χ3v) is 7.17. The highest BCUT2D eigenvalue weighted by molar-refractivity contribution is 7.18. The molecule has 28 heavy (non-hydrogen) atoms. The summed E-state index contributed by atoms with van der Waals surface area (Å²) in [5.41, 5.74) is 3.11. The number of ether oxygens (including phenoxy) is 1. The van der Waals surface area contributed by atoms with E-state index in [-0.39, 0.29) is 0 Å². The summed E-state index contributed by atoms with van der Waals surface area (Å²) in [6.07, 6.45) is 6.66. The normalized spacial score (nSPS) is 23.6. The quantitative estimate of drug-likeness (QED) is 0.651. The number of hydrogen-bond donors (Lipinski definition) is 0. The van der Waals surface area contributed by atoms with Gasteiger partial charge in [0.05, 0.1) is 22.3 Å². The van der Waals surface area contributed by atoms with E-state index in [1.54, 1.807) is 30.8 Å². The highest BCUT2D eigenvalue weighted by Crippen LogP contribution is 2.43. The minimum Gasteiger partial charge on any atom is -0.467 e. The van der Waals surface area contributed by atoms with Crippen molar-refractivity contribution in [1.82, 2.24) is 19.9 Å². The zero-order valence-corrected chi connectivity index (χ0v) is 16.7. The first kappa shape index (κ1) is 17.9. The first-order valence-corrected chi connectivity index (χ1v) is 10.7. The summed E-state index contributed by atoms with van der Waals surface area (Å²) >= 11 is 1.79. The van der Waals surface area contributed by atoms with Crippen LogP contribution in [0.2, 0.25) is 0 Å². The Kier molecular flexibility index (Phi) is 4.72. The van der Waals surface area contributed by atoms with Crippen molar-refractivity contribution in [1.29, 1.82) is 0 Å². The molecule has 0 atom stereocenters. The molecule has 1 aromatic carbocycles. The largest absolute Gasteiger partial charge is 0.467 e. The molecule has 0 spiro atoms. The lowest BCUT2D eigenvalue weighted by atomic mass is 9.79. The van der Waals surface area contributed by atoms with Gasteiger partial charge in [-0.15, -0.1) is 11.3 Å². The minimum atomic E-state index is -0.596. The average molecular weight is 398 g/mol. The van der Waals surface area contributed by atoms with Crippen LogP contribution in [0.1, 0.15) is 36.6 Å². The molecule has 0 N–H and O–H groups in total. The number of likely N-dealkylation sites (tertiary alicyclic amines) is 1. The summed E-state index contributed by atoms with van der Waals surface area (Å²) in [6.45, 7) is 1.82. The molecule has 146 valence electrons. The van der Waals surface area contributed by atoms with E-state index in [4.69, 9.17) is 9.72 Å². The van der Waals surface area contributed by atoms with Gasteiger partial charge in [0, 0.05) is 43.0 Å². The molecule has 1 saturated carbocycles. The number of hydrogen-bond acceptors (Lipinski definition) is 6. The van der Waals surface area contributed by atoms with E-state index in [9.17, 15) is 4.39 Å². The van der Waals surface area contributed by atoms with Gasteiger partial charge in [0.2, 0.25) is 0 Å². The molecule has 2 aliphatic rings. The van der Waals surface area contributed by atoms with E-state index in [0.29, 0.717) is 30.8 Å². The second kappa shape index (κ2) is 7.37. The van der Waals surface area contributed by atoms with Crippen LogP contribution in [0.3, 0.4) is 0 Å². The fourth-order valence-electron chi connectivity index (χ4n) is 4.19. The van der Waals surface area contributed by atoms with E-state index in [2.05, 4.69) is 33.1 Å². The maximum atomic E-state index is 13.3. The van der Waals surface area contributed by atoms with E-state index in [1.807, 2.05) is 0 Å². The van der Waals surface area contributed by atoms with Crippen molar-refractivity contribution in [2.45, 2.75) is 43.8 Å². The molecule has 2 aromatic heterocycles. The zero-order valence-electron chi connectivity index (χ0n) is 15.8. The third kappa shape index (κ3) is 3.37. The summed E-state index contributed by atoms with van der Waals surface area (Å²) < 4.78 is 19.6. The zero-order chi connectivity index (χ0) is 19.1. The summed E-state index contributed by atoms with van der Waals surface area (Å²) in [4.78, 5) is 15.7. The van der Waals surface area contributed by atoms with E-state index < -0.39 is 6.17 Å². The Balaban J connectivity index is 1.29. The Morgan fingerprint density at radius 1 is 1.11 bits per heavy atom. The lowest BCUT2D eigenvalue weighted by Gasteiger charge is -2.44. The number of aromatic nitrogens is 3. The molecule has 3 aromatic rings. The van der Waals surface area contributed by atoms with Crippen LogP contribution in [0.5, 0.6) is 6.01 Å². The number of piperidine rings is 1. The number of nitrogens with zero attached hydrogens (tertiary/aromatic N) is 4. The summed E-state index contributed by atoms with van der Waals surface area (Å²) in [6, 6.07) is 7.31. The predicted molar refractivity (Wildman–Crippen MR) is 109 cm³/mol. The molecular weight excluding hydrogens is 374 g/mol. The standard InChI is InChI=1S/C21H23FN4OS/c1-27-21-23-11-15(12-24-21)13-2-3-18-19(10-13)28-20(25-18)14-8-17(9-14)26-6-4-16(22)5-7-26/h2-3,10-12,14,16-17H,4-9H2,1H3/i22-1. The minimum absolute atomic E-state index is 0.375. The number of alkyl halides is 1. The number of fused-ring (bicyclic) bond motifs is 1. The van der Waals surface area contributed by atoms with Crippen molar-refractivity contribution in [3.63, 3.8) is 0 Å². The average Bonchev–Trinajstić information content (AvgIpc) is 3.11. The molecule has 7 heteroatoms. The lowest BCUT2D eigenvalue weighted by Crippen LogP contribution is -2.47. The van der Waals surface area contributed by atoms with Gasteiger partial charge < -0.3 is 9.64 Å². The van der Waals surface area contributed by atoms with Crippen molar-refractivity contribution in [2.24, 2.45) is 0 Å². The van der Waals surface area contributed by atoms with Crippen molar-refractivity contribution in [3.05, 3.63) is 35.6 Å². The van der Waals surface area contributed by atoms with E-state index in [0.717, 1.165) is 42.6 Å². The molecule has 3 heterocycles. The topological polar surface area (TPSA) is 51.1 Å². The fourth-order valence-corrected chi connectivity index (χ4v) is 5.32. The van der Waals surface area contributed by atoms with Crippen molar-refractivity contribution >= 4 is 21.6 Å². The van der Waals surface area contributed by atoms with Gasteiger partial charge in [-0.25, -0.2) is 19.3 Å². The Morgan fingerprint density at radius 2 is 1.86 bits per heavy atom. The van der Waals surface area contributed by atoms with E-state index in [1.165, 1.54) is 9.71 Å². The van der Waals surface area contributed by atoms with Crippen molar-refractivity contribution < 1.29 is 9.13 Å². The molecule has 1 aliphatic carbocycles. The van der Waals surface area contributed by atoms with Crippen molar-refractivity contribution in [2.75, 3.05) is 20.2 Å². The van der Waals surface area contributed by atoms with Gasteiger partial charge in [0.1, 0.15) is 6.17 Å². The van der Waals surface area contributed by atoms with Gasteiger partial charge in [-0.1, -0.05) is 6.07 Å². The summed E-state index contributed by atoms with van der Waals surface area (Å²) in [7, 11) is 1.56. The fraction of sp³-hybridized carbons (Fsp3) is 0.476. The molecule has 1 aliphatic heterocycles. The molecule has 0 radical (unpaired) electrons. The second-order valence-corrected chi connectivity index (χ2v) is 8.79. The Bertz CT molecular complexity index is 962. The lowest BCUT2D eigenvalue weighted by molar-refractivity contribution is 0.0610. The smallest absolute Gasteiger partial charge is 0.316 e. The maximum absolute atomic E-state index is 13.3. The summed E-state index contributed by atoms with van der Waals surface area (Å²) in [5, 5.41) is 1.23. The van der Waals surface area contributed by atoms with Crippen LogP contribution >= 0.6 is 11.3 Å². The highest BCUT2D eigenvalue weighted by Gasteiger charge is 2.37. The van der Waals surface area contributed by atoms with Gasteiger partial charge in [-0.3, -0.25) is 0 Å². The second-order valence-electron chi connectivity index (χ2n) is 7.73. The Hall–Kier alpha value is -2.12. The first-order chi connectivity index (χ1) is 13.7. The molecule has 5 rings (SSSR count). The monoisotopic (exact) mass is 397 g/mol. The van der Waals surface area contributed by atoms with Gasteiger partial charge in [-0.05, 0) is 43.4 Å². The van der Waals surface area contributed by atoms with Crippen LogP contribution in [0.15, 0.2) is 30.6 Å².